The van der Waals surface area contributed by atoms with Crippen molar-refractivity contribution in [3.63, 3.8) is 0 Å². The van der Waals surface area contributed by atoms with Crippen molar-refractivity contribution in [1.82, 2.24) is 14.9 Å². The molecule has 0 saturated heterocycles. The first-order valence-corrected chi connectivity index (χ1v) is 11.4. The van der Waals surface area contributed by atoms with Gasteiger partial charge in [-0.2, -0.15) is 5.26 Å². The van der Waals surface area contributed by atoms with E-state index in [2.05, 4.69) is 15.6 Å². The van der Waals surface area contributed by atoms with E-state index >= 15 is 0 Å². The Bertz CT molecular complexity index is 1350. The van der Waals surface area contributed by atoms with Gasteiger partial charge in [-0.1, -0.05) is 17.8 Å². The van der Waals surface area contributed by atoms with Gasteiger partial charge in [0.15, 0.2) is 5.16 Å². The number of amides is 2. The quantitative estimate of drug-likeness (QED) is 0.370. The molecule has 4 rings (SSSR count). The standard InChI is InChI=1S/C25H21N5O3S/c1-17-5-10-22(33-17)15-28-24(32)19-3-2-4-21(13-19)30-12-11-27-25(30)34-16-23(31)29-20-8-6-18(14-26)7-9-20/h2-13H,15-16H2,1H3,(H,28,32)(H,29,31). The van der Waals surface area contributed by atoms with E-state index in [4.69, 9.17) is 9.68 Å². The summed E-state index contributed by atoms with van der Waals surface area (Å²) < 4.78 is 7.31. The third kappa shape index (κ3) is 5.74. The van der Waals surface area contributed by atoms with Gasteiger partial charge in [-0.15, -0.1) is 0 Å². The number of carbonyl (C=O) groups is 2. The van der Waals surface area contributed by atoms with Crippen molar-refractivity contribution in [1.29, 1.82) is 5.26 Å². The Kier molecular flexibility index (Phi) is 7.10. The minimum atomic E-state index is -0.216. The van der Waals surface area contributed by atoms with Crippen LogP contribution in [0.1, 0.15) is 27.4 Å². The van der Waals surface area contributed by atoms with Crippen LogP contribution in [0.3, 0.4) is 0 Å². The average molecular weight is 472 g/mol. The average Bonchev–Trinajstić information content (AvgIpc) is 3.50. The van der Waals surface area contributed by atoms with Crippen LogP contribution in [0.25, 0.3) is 5.69 Å². The second-order valence-corrected chi connectivity index (χ2v) is 8.29. The molecule has 0 aliphatic heterocycles. The van der Waals surface area contributed by atoms with Gasteiger partial charge in [0.25, 0.3) is 5.91 Å². The Morgan fingerprint density at radius 3 is 2.71 bits per heavy atom. The molecule has 2 heterocycles. The number of nitrogens with zero attached hydrogens (tertiary/aromatic N) is 3. The van der Waals surface area contributed by atoms with E-state index < -0.39 is 0 Å². The number of nitrogens with one attached hydrogen (secondary N) is 2. The van der Waals surface area contributed by atoms with Crippen molar-refractivity contribution >= 4 is 29.3 Å². The molecule has 2 N–H and O–H groups in total. The maximum Gasteiger partial charge on any atom is 0.251 e. The largest absolute Gasteiger partial charge is 0.465 e. The molecule has 0 aliphatic carbocycles. The van der Waals surface area contributed by atoms with Crippen LogP contribution in [0, 0.1) is 18.3 Å². The van der Waals surface area contributed by atoms with Gasteiger partial charge < -0.3 is 15.1 Å². The Morgan fingerprint density at radius 1 is 1.15 bits per heavy atom. The molecule has 4 aromatic rings. The molecule has 0 saturated carbocycles. The van der Waals surface area contributed by atoms with Gasteiger partial charge in [0, 0.05) is 29.3 Å². The van der Waals surface area contributed by atoms with Gasteiger partial charge in [-0.3, -0.25) is 14.2 Å². The van der Waals surface area contributed by atoms with Crippen LogP contribution >= 0.6 is 11.8 Å². The van der Waals surface area contributed by atoms with Crippen molar-refractivity contribution in [2.75, 3.05) is 11.1 Å². The normalized spacial score (nSPS) is 10.5. The molecule has 0 fully saturated rings. The number of thioether (sulfide) groups is 1. The summed E-state index contributed by atoms with van der Waals surface area (Å²) in [6.45, 7) is 2.16. The number of aryl methyl sites for hydroxylation is 1. The first-order chi connectivity index (χ1) is 16.5. The number of aromatic nitrogens is 2. The Labute approximate surface area is 200 Å². The number of nitriles is 1. The Morgan fingerprint density at radius 2 is 1.97 bits per heavy atom. The first-order valence-electron chi connectivity index (χ1n) is 10.4. The van der Waals surface area contributed by atoms with E-state index in [1.54, 1.807) is 54.9 Å². The van der Waals surface area contributed by atoms with Crippen molar-refractivity contribution in [2.24, 2.45) is 0 Å². The summed E-state index contributed by atoms with van der Waals surface area (Å²) in [7, 11) is 0. The van der Waals surface area contributed by atoms with Gasteiger partial charge in [-0.05, 0) is 61.5 Å². The molecule has 0 aliphatic rings. The van der Waals surface area contributed by atoms with Crippen molar-refractivity contribution in [2.45, 2.75) is 18.6 Å². The van der Waals surface area contributed by atoms with E-state index in [0.717, 1.165) is 11.4 Å². The number of imidazole rings is 1. The van der Waals surface area contributed by atoms with Crippen LogP contribution < -0.4 is 10.6 Å². The second-order valence-electron chi connectivity index (χ2n) is 7.35. The molecule has 34 heavy (non-hydrogen) atoms. The summed E-state index contributed by atoms with van der Waals surface area (Å²) in [6.07, 6.45) is 3.43. The molecule has 170 valence electrons. The maximum absolute atomic E-state index is 12.6. The molecule has 2 aromatic heterocycles. The zero-order valence-electron chi connectivity index (χ0n) is 18.3. The lowest BCUT2D eigenvalue weighted by Gasteiger charge is -2.10. The Hall–Kier alpha value is -4.29. The van der Waals surface area contributed by atoms with E-state index in [1.165, 1.54) is 11.8 Å². The smallest absolute Gasteiger partial charge is 0.251 e. The predicted octanol–water partition coefficient (Wildman–Crippen LogP) is 4.31. The van der Waals surface area contributed by atoms with Crippen molar-refractivity contribution < 1.29 is 14.0 Å². The summed E-state index contributed by atoms with van der Waals surface area (Å²) in [6, 6.07) is 19.6. The predicted molar refractivity (Wildman–Crippen MR) is 129 cm³/mol. The van der Waals surface area contributed by atoms with E-state index in [9.17, 15) is 9.59 Å². The third-order valence-corrected chi connectivity index (χ3v) is 5.81. The van der Waals surface area contributed by atoms with Crippen LogP contribution in [-0.4, -0.2) is 27.1 Å². The summed E-state index contributed by atoms with van der Waals surface area (Å²) in [4.78, 5) is 29.3. The van der Waals surface area contributed by atoms with Crippen LogP contribution in [0.5, 0.6) is 0 Å². The zero-order chi connectivity index (χ0) is 23.9. The van der Waals surface area contributed by atoms with Gasteiger partial charge in [0.2, 0.25) is 5.91 Å². The topological polar surface area (TPSA) is 113 Å². The van der Waals surface area contributed by atoms with E-state index in [0.29, 0.717) is 34.3 Å². The molecule has 0 spiro atoms. The fraction of sp³-hybridized carbons (Fsp3) is 0.120. The lowest BCUT2D eigenvalue weighted by Crippen LogP contribution is -2.22. The Balaban J connectivity index is 1.38. The fourth-order valence-corrected chi connectivity index (χ4v) is 3.97. The van der Waals surface area contributed by atoms with Gasteiger partial charge in [0.05, 0.1) is 23.9 Å². The molecule has 9 heteroatoms. The summed E-state index contributed by atoms with van der Waals surface area (Å²) in [5, 5.41) is 15.1. The monoisotopic (exact) mass is 471 g/mol. The zero-order valence-corrected chi connectivity index (χ0v) is 19.1. The SMILES string of the molecule is Cc1ccc(CNC(=O)c2cccc(-n3ccnc3SCC(=O)Nc3ccc(C#N)cc3)c2)o1. The number of rotatable bonds is 8. The number of hydrogen-bond acceptors (Lipinski definition) is 6. The summed E-state index contributed by atoms with van der Waals surface area (Å²) in [5.41, 5.74) is 2.41. The van der Waals surface area contributed by atoms with Gasteiger partial charge in [0.1, 0.15) is 11.5 Å². The van der Waals surface area contributed by atoms with Crippen LogP contribution in [0.15, 0.2) is 82.6 Å². The number of furan rings is 1. The van der Waals surface area contributed by atoms with Gasteiger partial charge >= 0.3 is 0 Å². The highest BCUT2D eigenvalue weighted by Gasteiger charge is 2.12. The molecule has 0 atom stereocenters. The molecule has 2 amide bonds. The highest BCUT2D eigenvalue weighted by molar-refractivity contribution is 7.99. The van der Waals surface area contributed by atoms with E-state index in [1.807, 2.05) is 35.8 Å². The first kappa shape index (κ1) is 22.9. The number of carbonyl (C=O) groups excluding carboxylic acids is 2. The fourth-order valence-electron chi connectivity index (χ4n) is 3.19. The second kappa shape index (κ2) is 10.6. The minimum Gasteiger partial charge on any atom is -0.465 e. The lowest BCUT2D eigenvalue weighted by molar-refractivity contribution is -0.113. The highest BCUT2D eigenvalue weighted by Crippen LogP contribution is 2.22. The van der Waals surface area contributed by atoms with Crippen LogP contribution in [0.2, 0.25) is 0 Å². The molecular formula is C25H21N5O3S. The maximum atomic E-state index is 12.6. The summed E-state index contributed by atoms with van der Waals surface area (Å²) >= 11 is 1.28. The minimum absolute atomic E-state index is 0.153. The van der Waals surface area contributed by atoms with Crippen molar-refractivity contribution in [3.05, 3.63) is 95.7 Å². The highest BCUT2D eigenvalue weighted by atomic mass is 32.2. The number of benzene rings is 2. The van der Waals surface area contributed by atoms with Crippen molar-refractivity contribution in [3.8, 4) is 11.8 Å². The molecule has 0 radical (unpaired) electrons. The van der Waals surface area contributed by atoms with E-state index in [-0.39, 0.29) is 17.6 Å². The van der Waals surface area contributed by atoms with Crippen LogP contribution in [0.4, 0.5) is 5.69 Å². The number of hydrogen-bond donors (Lipinski definition) is 2. The molecule has 2 aromatic carbocycles. The third-order valence-electron chi connectivity index (χ3n) is 4.84. The lowest BCUT2D eigenvalue weighted by atomic mass is 10.2. The van der Waals surface area contributed by atoms with Crippen LogP contribution in [-0.2, 0) is 11.3 Å². The van der Waals surface area contributed by atoms with Gasteiger partial charge in [-0.25, -0.2) is 4.98 Å². The number of anilines is 1. The summed E-state index contributed by atoms with van der Waals surface area (Å²) in [5.74, 6) is 1.23. The molecular weight excluding hydrogens is 450 g/mol. The molecule has 0 unspecified atom stereocenters. The molecule has 8 nitrogen and oxygen atoms in total. The molecule has 0 bridgehead atoms.